The Hall–Kier alpha value is -1.62. The molecule has 2 rings (SSSR count). The number of halogens is 1. The summed E-state index contributed by atoms with van der Waals surface area (Å²) in [5, 5.41) is 9.81. The van der Waals surface area contributed by atoms with Gasteiger partial charge in [0.1, 0.15) is 10.7 Å². The van der Waals surface area contributed by atoms with E-state index in [2.05, 4.69) is 4.98 Å². The number of aromatic nitrogens is 1. The molecule has 0 radical (unpaired) electrons. The standard InChI is InChI=1S/C14H17ClN2O3/c1-2-5-14(13(19)20)6-3-8-17(14)12(18)10-4-7-16-11(15)9-10/h4,7,9H,2-3,5-6,8H2,1H3,(H,19,20). The summed E-state index contributed by atoms with van der Waals surface area (Å²) in [5.41, 5.74) is -0.699. The van der Waals surface area contributed by atoms with Crippen molar-refractivity contribution in [2.45, 2.75) is 38.1 Å². The van der Waals surface area contributed by atoms with E-state index in [-0.39, 0.29) is 11.1 Å². The van der Waals surface area contributed by atoms with Gasteiger partial charge in [-0.15, -0.1) is 0 Å². The van der Waals surface area contributed by atoms with Crippen LogP contribution in [0, 0.1) is 0 Å². The number of aliphatic carboxylic acids is 1. The Morgan fingerprint density at radius 2 is 2.30 bits per heavy atom. The molecule has 0 aliphatic carbocycles. The molecular formula is C14H17ClN2O3. The Morgan fingerprint density at radius 1 is 1.55 bits per heavy atom. The topological polar surface area (TPSA) is 70.5 Å². The second-order valence-electron chi connectivity index (χ2n) is 5.01. The molecule has 1 N–H and O–H groups in total. The minimum Gasteiger partial charge on any atom is -0.479 e. The van der Waals surface area contributed by atoms with Crippen molar-refractivity contribution >= 4 is 23.5 Å². The molecule has 1 fully saturated rings. The van der Waals surface area contributed by atoms with Crippen LogP contribution in [0.5, 0.6) is 0 Å². The number of hydrogen-bond acceptors (Lipinski definition) is 3. The number of carbonyl (C=O) groups excluding carboxylic acids is 1. The number of rotatable bonds is 4. The Kier molecular flexibility index (Phi) is 4.28. The van der Waals surface area contributed by atoms with Crippen LogP contribution in [-0.4, -0.2) is 39.0 Å². The van der Waals surface area contributed by atoms with E-state index in [1.807, 2.05) is 6.92 Å². The van der Waals surface area contributed by atoms with E-state index in [9.17, 15) is 14.7 Å². The molecule has 0 saturated carbocycles. The number of pyridine rings is 1. The number of carboxylic acids is 1. The quantitative estimate of drug-likeness (QED) is 0.867. The molecule has 1 aromatic heterocycles. The highest BCUT2D eigenvalue weighted by Gasteiger charge is 2.49. The van der Waals surface area contributed by atoms with E-state index >= 15 is 0 Å². The third-order valence-electron chi connectivity index (χ3n) is 3.77. The smallest absolute Gasteiger partial charge is 0.329 e. The van der Waals surface area contributed by atoms with Gasteiger partial charge in [-0.3, -0.25) is 4.79 Å². The maximum Gasteiger partial charge on any atom is 0.329 e. The lowest BCUT2D eigenvalue weighted by Gasteiger charge is -2.34. The number of amides is 1. The largest absolute Gasteiger partial charge is 0.479 e. The summed E-state index contributed by atoms with van der Waals surface area (Å²) in [6, 6.07) is 3.03. The number of likely N-dealkylation sites (tertiary alicyclic amines) is 1. The zero-order chi connectivity index (χ0) is 14.8. The summed E-state index contributed by atoms with van der Waals surface area (Å²) < 4.78 is 0. The Morgan fingerprint density at radius 3 is 2.90 bits per heavy atom. The van der Waals surface area contributed by atoms with Crippen LogP contribution in [-0.2, 0) is 4.79 Å². The summed E-state index contributed by atoms with van der Waals surface area (Å²) in [4.78, 5) is 29.6. The van der Waals surface area contributed by atoms with E-state index in [0.29, 0.717) is 37.8 Å². The van der Waals surface area contributed by atoms with Gasteiger partial charge in [-0.1, -0.05) is 24.9 Å². The molecule has 2 heterocycles. The molecule has 1 aliphatic heterocycles. The van der Waals surface area contributed by atoms with E-state index in [1.54, 1.807) is 6.07 Å². The fraction of sp³-hybridized carbons (Fsp3) is 0.500. The Bertz CT molecular complexity index is 535. The van der Waals surface area contributed by atoms with Gasteiger partial charge < -0.3 is 10.0 Å². The van der Waals surface area contributed by atoms with Crippen molar-refractivity contribution in [3.05, 3.63) is 29.0 Å². The predicted molar refractivity (Wildman–Crippen MR) is 74.8 cm³/mol. The number of carboxylic acid groups (broad SMARTS) is 1. The van der Waals surface area contributed by atoms with Crippen molar-refractivity contribution in [3.63, 3.8) is 0 Å². The van der Waals surface area contributed by atoms with E-state index < -0.39 is 11.5 Å². The van der Waals surface area contributed by atoms with Gasteiger partial charge in [-0.2, -0.15) is 0 Å². The normalized spacial score (nSPS) is 22.0. The molecule has 1 atom stereocenters. The number of carbonyl (C=O) groups is 2. The molecule has 1 aliphatic rings. The van der Waals surface area contributed by atoms with Crippen molar-refractivity contribution in [1.29, 1.82) is 0 Å². The fourth-order valence-corrected chi connectivity index (χ4v) is 3.04. The molecule has 6 heteroatoms. The number of hydrogen-bond donors (Lipinski definition) is 1. The molecule has 0 aromatic carbocycles. The van der Waals surface area contributed by atoms with Gasteiger partial charge >= 0.3 is 5.97 Å². The van der Waals surface area contributed by atoms with Crippen LogP contribution in [0.15, 0.2) is 18.3 Å². The first-order valence-corrected chi connectivity index (χ1v) is 7.06. The summed E-state index contributed by atoms with van der Waals surface area (Å²) in [5.74, 6) is -1.21. The zero-order valence-corrected chi connectivity index (χ0v) is 12.1. The van der Waals surface area contributed by atoms with Crippen LogP contribution >= 0.6 is 11.6 Å². The van der Waals surface area contributed by atoms with Crippen LogP contribution in [0.25, 0.3) is 0 Å². The molecule has 0 spiro atoms. The predicted octanol–water partition coefficient (Wildman–Crippen LogP) is 2.59. The Balaban J connectivity index is 2.34. The lowest BCUT2D eigenvalue weighted by Crippen LogP contribution is -2.53. The summed E-state index contributed by atoms with van der Waals surface area (Å²) in [6.07, 6.45) is 3.84. The molecular weight excluding hydrogens is 280 g/mol. The van der Waals surface area contributed by atoms with Crippen LogP contribution in [0.2, 0.25) is 5.15 Å². The SMILES string of the molecule is CCCC1(C(=O)O)CCCN1C(=O)c1ccnc(Cl)c1. The molecule has 1 aromatic rings. The average molecular weight is 297 g/mol. The maximum absolute atomic E-state index is 12.6. The highest BCUT2D eigenvalue weighted by Crippen LogP contribution is 2.35. The molecule has 0 bridgehead atoms. The van der Waals surface area contributed by atoms with Crippen molar-refractivity contribution in [1.82, 2.24) is 9.88 Å². The van der Waals surface area contributed by atoms with E-state index in [0.717, 1.165) is 0 Å². The number of nitrogens with zero attached hydrogens (tertiary/aromatic N) is 2. The van der Waals surface area contributed by atoms with Crippen LogP contribution in [0.1, 0.15) is 43.0 Å². The van der Waals surface area contributed by atoms with Gasteiger partial charge in [0.2, 0.25) is 0 Å². The molecule has 1 amide bonds. The molecule has 20 heavy (non-hydrogen) atoms. The van der Waals surface area contributed by atoms with E-state index in [4.69, 9.17) is 11.6 Å². The highest BCUT2D eigenvalue weighted by molar-refractivity contribution is 6.29. The van der Waals surface area contributed by atoms with Crippen molar-refractivity contribution in [3.8, 4) is 0 Å². The minimum absolute atomic E-state index is 0.228. The van der Waals surface area contributed by atoms with Gasteiger partial charge in [0.15, 0.2) is 0 Å². The third-order valence-corrected chi connectivity index (χ3v) is 3.98. The van der Waals surface area contributed by atoms with E-state index in [1.165, 1.54) is 17.2 Å². The summed E-state index contributed by atoms with van der Waals surface area (Å²) in [7, 11) is 0. The fourth-order valence-electron chi connectivity index (χ4n) is 2.87. The lowest BCUT2D eigenvalue weighted by atomic mass is 9.90. The summed E-state index contributed by atoms with van der Waals surface area (Å²) in [6.45, 7) is 2.39. The van der Waals surface area contributed by atoms with Crippen LogP contribution < -0.4 is 0 Å². The van der Waals surface area contributed by atoms with Gasteiger partial charge in [0.05, 0.1) is 0 Å². The second-order valence-corrected chi connectivity index (χ2v) is 5.40. The lowest BCUT2D eigenvalue weighted by molar-refractivity contribution is -0.148. The van der Waals surface area contributed by atoms with Crippen LogP contribution in [0.3, 0.4) is 0 Å². The minimum atomic E-state index is -1.08. The van der Waals surface area contributed by atoms with Gasteiger partial charge in [0.25, 0.3) is 5.91 Å². The van der Waals surface area contributed by atoms with Crippen LogP contribution in [0.4, 0.5) is 0 Å². The molecule has 1 saturated heterocycles. The summed E-state index contributed by atoms with van der Waals surface area (Å²) >= 11 is 5.79. The monoisotopic (exact) mass is 296 g/mol. The van der Waals surface area contributed by atoms with Gasteiger partial charge in [-0.25, -0.2) is 9.78 Å². The van der Waals surface area contributed by atoms with Gasteiger partial charge in [0, 0.05) is 18.3 Å². The zero-order valence-electron chi connectivity index (χ0n) is 11.3. The first kappa shape index (κ1) is 14.8. The molecule has 5 nitrogen and oxygen atoms in total. The average Bonchev–Trinajstić information content (AvgIpc) is 2.83. The maximum atomic E-state index is 12.6. The first-order valence-electron chi connectivity index (χ1n) is 6.68. The highest BCUT2D eigenvalue weighted by atomic mass is 35.5. The Labute approximate surface area is 122 Å². The second kappa shape index (κ2) is 5.79. The first-order chi connectivity index (χ1) is 9.51. The van der Waals surface area contributed by atoms with Crippen molar-refractivity contribution in [2.24, 2.45) is 0 Å². The van der Waals surface area contributed by atoms with Crippen molar-refractivity contribution < 1.29 is 14.7 Å². The van der Waals surface area contributed by atoms with Gasteiger partial charge in [-0.05, 0) is 31.4 Å². The van der Waals surface area contributed by atoms with Crippen molar-refractivity contribution in [2.75, 3.05) is 6.54 Å². The molecule has 1 unspecified atom stereocenters. The third kappa shape index (κ3) is 2.50. The molecule has 108 valence electrons.